The number of nitrogens with one attached hydrogen (secondary N) is 1. The van der Waals surface area contributed by atoms with Crippen molar-refractivity contribution >= 4 is 31.9 Å². The van der Waals surface area contributed by atoms with E-state index >= 15 is 0 Å². The molecule has 0 aliphatic carbocycles. The minimum absolute atomic E-state index is 0.0966. The molecule has 4 heteroatoms. The molecule has 14 heavy (non-hydrogen) atoms. The first-order valence-corrected chi connectivity index (χ1v) is 5.79. The van der Waals surface area contributed by atoms with Gasteiger partial charge in [0.1, 0.15) is 0 Å². The van der Waals surface area contributed by atoms with Crippen molar-refractivity contribution < 1.29 is 0 Å². The SMILES string of the molecule is C=CCC(NN)c1cc(Br)ccc1Br. The highest BCUT2D eigenvalue weighted by Gasteiger charge is 2.11. The van der Waals surface area contributed by atoms with Gasteiger partial charge < -0.3 is 0 Å². The Balaban J connectivity index is 3.01. The molecule has 1 aromatic rings. The van der Waals surface area contributed by atoms with Crippen LogP contribution in [-0.4, -0.2) is 0 Å². The lowest BCUT2D eigenvalue weighted by Gasteiger charge is -2.16. The molecule has 1 aromatic carbocycles. The number of hydrazine groups is 1. The van der Waals surface area contributed by atoms with Crippen molar-refractivity contribution in [2.45, 2.75) is 12.5 Å². The third kappa shape index (κ3) is 2.92. The molecule has 1 atom stereocenters. The van der Waals surface area contributed by atoms with Crippen LogP contribution in [0.25, 0.3) is 0 Å². The Labute approximate surface area is 101 Å². The highest BCUT2D eigenvalue weighted by Crippen LogP contribution is 2.28. The van der Waals surface area contributed by atoms with Gasteiger partial charge in [-0.25, -0.2) is 0 Å². The lowest BCUT2D eigenvalue weighted by molar-refractivity contribution is 0.559. The van der Waals surface area contributed by atoms with Crippen LogP contribution in [0, 0.1) is 0 Å². The molecule has 0 saturated carbocycles. The monoisotopic (exact) mass is 318 g/mol. The van der Waals surface area contributed by atoms with Crippen LogP contribution in [0.4, 0.5) is 0 Å². The zero-order valence-corrected chi connectivity index (χ0v) is 10.8. The Morgan fingerprint density at radius 2 is 2.21 bits per heavy atom. The molecule has 0 fully saturated rings. The fourth-order valence-electron chi connectivity index (χ4n) is 1.23. The maximum Gasteiger partial charge on any atom is 0.0505 e. The molecule has 0 spiro atoms. The number of nitrogens with two attached hydrogens (primary N) is 1. The van der Waals surface area contributed by atoms with Gasteiger partial charge in [-0.2, -0.15) is 0 Å². The minimum Gasteiger partial charge on any atom is -0.271 e. The summed E-state index contributed by atoms with van der Waals surface area (Å²) in [4.78, 5) is 0. The van der Waals surface area contributed by atoms with Crippen LogP contribution in [0.1, 0.15) is 18.0 Å². The number of hydrogen-bond donors (Lipinski definition) is 2. The van der Waals surface area contributed by atoms with Crippen LogP contribution in [0.5, 0.6) is 0 Å². The Kier molecular flexibility index (Phi) is 4.81. The third-order valence-electron chi connectivity index (χ3n) is 1.94. The Morgan fingerprint density at radius 1 is 1.50 bits per heavy atom. The molecule has 0 aliphatic rings. The van der Waals surface area contributed by atoms with E-state index in [0.29, 0.717) is 0 Å². The van der Waals surface area contributed by atoms with Gasteiger partial charge in [-0.15, -0.1) is 6.58 Å². The Hall–Kier alpha value is -0.160. The lowest BCUT2D eigenvalue weighted by atomic mass is 10.0. The molecule has 0 aliphatic heterocycles. The van der Waals surface area contributed by atoms with Gasteiger partial charge in [-0.1, -0.05) is 37.9 Å². The van der Waals surface area contributed by atoms with Gasteiger partial charge in [-0.05, 0) is 30.2 Å². The molecule has 0 aromatic heterocycles. The molecule has 0 bridgehead atoms. The van der Waals surface area contributed by atoms with E-state index < -0.39 is 0 Å². The fourth-order valence-corrected chi connectivity index (χ4v) is 2.13. The first-order chi connectivity index (χ1) is 6.69. The van der Waals surface area contributed by atoms with Gasteiger partial charge in [-0.3, -0.25) is 11.3 Å². The molecule has 1 rings (SSSR count). The van der Waals surface area contributed by atoms with Crippen LogP contribution < -0.4 is 11.3 Å². The predicted octanol–water partition coefficient (Wildman–Crippen LogP) is 3.29. The fraction of sp³-hybridized carbons (Fsp3) is 0.200. The number of benzene rings is 1. The maximum absolute atomic E-state index is 5.48. The van der Waals surface area contributed by atoms with Crippen molar-refractivity contribution in [2.24, 2.45) is 5.84 Å². The summed E-state index contributed by atoms with van der Waals surface area (Å²) in [6, 6.07) is 6.11. The largest absolute Gasteiger partial charge is 0.271 e. The quantitative estimate of drug-likeness (QED) is 0.508. The summed E-state index contributed by atoms with van der Waals surface area (Å²) in [6.45, 7) is 3.70. The van der Waals surface area contributed by atoms with E-state index in [9.17, 15) is 0 Å². The highest BCUT2D eigenvalue weighted by atomic mass is 79.9. The zero-order chi connectivity index (χ0) is 10.6. The van der Waals surface area contributed by atoms with E-state index in [0.717, 1.165) is 20.9 Å². The summed E-state index contributed by atoms with van der Waals surface area (Å²) < 4.78 is 2.09. The molecule has 1 unspecified atom stereocenters. The lowest BCUT2D eigenvalue weighted by Crippen LogP contribution is -2.27. The second kappa shape index (κ2) is 5.66. The van der Waals surface area contributed by atoms with Gasteiger partial charge in [0.15, 0.2) is 0 Å². The van der Waals surface area contributed by atoms with Crippen molar-refractivity contribution in [1.82, 2.24) is 5.43 Å². The second-order valence-corrected chi connectivity index (χ2v) is 4.68. The van der Waals surface area contributed by atoms with Gasteiger partial charge >= 0.3 is 0 Å². The minimum atomic E-state index is 0.0966. The molecule has 3 N–H and O–H groups in total. The van der Waals surface area contributed by atoms with Crippen LogP contribution >= 0.6 is 31.9 Å². The van der Waals surface area contributed by atoms with Gasteiger partial charge in [0.05, 0.1) is 6.04 Å². The number of halogens is 2. The van der Waals surface area contributed by atoms with Crippen molar-refractivity contribution in [2.75, 3.05) is 0 Å². The molecule has 2 nitrogen and oxygen atoms in total. The van der Waals surface area contributed by atoms with Crippen molar-refractivity contribution in [1.29, 1.82) is 0 Å². The smallest absolute Gasteiger partial charge is 0.0505 e. The second-order valence-electron chi connectivity index (χ2n) is 2.91. The number of rotatable bonds is 4. The molecule has 0 amide bonds. The molecule has 0 saturated heterocycles. The topological polar surface area (TPSA) is 38.0 Å². The van der Waals surface area contributed by atoms with Crippen LogP contribution in [-0.2, 0) is 0 Å². The van der Waals surface area contributed by atoms with E-state index in [2.05, 4.69) is 43.9 Å². The predicted molar refractivity (Wildman–Crippen MR) is 66.7 cm³/mol. The van der Waals surface area contributed by atoms with Crippen molar-refractivity contribution in [3.05, 3.63) is 45.4 Å². The van der Waals surface area contributed by atoms with E-state index in [-0.39, 0.29) is 6.04 Å². The Bertz CT molecular complexity index is 326. The molecule has 0 heterocycles. The van der Waals surface area contributed by atoms with E-state index in [1.807, 2.05) is 24.3 Å². The normalized spacial score (nSPS) is 12.5. The first-order valence-electron chi connectivity index (χ1n) is 4.21. The van der Waals surface area contributed by atoms with E-state index in [1.165, 1.54) is 0 Å². The summed E-state index contributed by atoms with van der Waals surface area (Å²) in [5, 5.41) is 0. The van der Waals surface area contributed by atoms with Crippen LogP contribution in [0.3, 0.4) is 0 Å². The summed E-state index contributed by atoms with van der Waals surface area (Å²) in [5.74, 6) is 5.48. The average Bonchev–Trinajstić information content (AvgIpc) is 2.18. The third-order valence-corrected chi connectivity index (χ3v) is 3.15. The number of hydrogen-bond acceptors (Lipinski definition) is 2. The van der Waals surface area contributed by atoms with Gasteiger partial charge in [0.2, 0.25) is 0 Å². The maximum atomic E-state index is 5.48. The summed E-state index contributed by atoms with van der Waals surface area (Å²) in [5.41, 5.74) is 3.89. The molecule has 76 valence electrons. The van der Waals surface area contributed by atoms with Gasteiger partial charge in [0.25, 0.3) is 0 Å². The molecule has 0 radical (unpaired) electrons. The highest BCUT2D eigenvalue weighted by molar-refractivity contribution is 9.11. The van der Waals surface area contributed by atoms with E-state index in [4.69, 9.17) is 5.84 Å². The summed E-state index contributed by atoms with van der Waals surface area (Å²) in [6.07, 6.45) is 2.64. The molecular formula is C10H12Br2N2. The Morgan fingerprint density at radius 3 is 2.79 bits per heavy atom. The average molecular weight is 320 g/mol. The summed E-state index contributed by atoms with van der Waals surface area (Å²) >= 11 is 6.92. The standard InChI is InChI=1S/C10H12Br2N2/c1-2-3-10(14-13)8-6-7(11)4-5-9(8)12/h2,4-6,10,14H,1,3,13H2. The van der Waals surface area contributed by atoms with Gasteiger partial charge in [0, 0.05) is 8.95 Å². The summed E-state index contributed by atoms with van der Waals surface area (Å²) in [7, 11) is 0. The molecular weight excluding hydrogens is 308 g/mol. The van der Waals surface area contributed by atoms with E-state index in [1.54, 1.807) is 0 Å². The van der Waals surface area contributed by atoms with Crippen LogP contribution in [0.15, 0.2) is 39.8 Å². The first kappa shape index (κ1) is 11.9. The zero-order valence-electron chi connectivity index (χ0n) is 7.63. The van der Waals surface area contributed by atoms with Crippen LogP contribution in [0.2, 0.25) is 0 Å². The van der Waals surface area contributed by atoms with Crippen molar-refractivity contribution in [3.63, 3.8) is 0 Å². The van der Waals surface area contributed by atoms with Crippen molar-refractivity contribution in [3.8, 4) is 0 Å².